The molecule has 1 fully saturated rings. The number of nitrogens with zero attached hydrogens (tertiary/aromatic N) is 1. The predicted octanol–water partition coefficient (Wildman–Crippen LogP) is 2.97. The number of rotatable bonds is 5. The van der Waals surface area contributed by atoms with Crippen molar-refractivity contribution in [2.24, 2.45) is 11.7 Å². The number of benzene rings is 1. The van der Waals surface area contributed by atoms with Crippen molar-refractivity contribution >= 4 is 5.91 Å². The zero-order chi connectivity index (χ0) is 17.0. The molecule has 0 aromatic heterocycles. The highest BCUT2D eigenvalue weighted by molar-refractivity contribution is 5.76. The van der Waals surface area contributed by atoms with Crippen LogP contribution in [0.2, 0.25) is 0 Å². The lowest BCUT2D eigenvalue weighted by Gasteiger charge is -2.34. The number of hydrogen-bond donors (Lipinski definition) is 1. The molecule has 0 unspecified atom stereocenters. The van der Waals surface area contributed by atoms with Gasteiger partial charge in [0.1, 0.15) is 5.75 Å². The van der Waals surface area contributed by atoms with E-state index in [0.29, 0.717) is 18.9 Å². The van der Waals surface area contributed by atoms with Gasteiger partial charge in [-0.1, -0.05) is 6.07 Å². The van der Waals surface area contributed by atoms with Gasteiger partial charge in [0.2, 0.25) is 5.91 Å². The van der Waals surface area contributed by atoms with Crippen molar-refractivity contribution < 1.29 is 9.53 Å². The lowest BCUT2D eigenvalue weighted by molar-refractivity contribution is -0.133. The molecule has 128 valence electrons. The molecule has 23 heavy (non-hydrogen) atoms. The van der Waals surface area contributed by atoms with Crippen molar-refractivity contribution in [3.8, 4) is 5.75 Å². The van der Waals surface area contributed by atoms with Gasteiger partial charge < -0.3 is 15.4 Å². The second-order valence-electron chi connectivity index (χ2n) is 6.90. The topological polar surface area (TPSA) is 55.6 Å². The summed E-state index contributed by atoms with van der Waals surface area (Å²) in [6.45, 7) is 10.3. The van der Waals surface area contributed by atoms with Crippen LogP contribution in [-0.2, 0) is 4.79 Å². The van der Waals surface area contributed by atoms with Gasteiger partial charge in [0.15, 0.2) is 0 Å². The Morgan fingerprint density at radius 3 is 2.83 bits per heavy atom. The summed E-state index contributed by atoms with van der Waals surface area (Å²) in [6.07, 6.45) is 2.60. The number of piperidine rings is 1. The SMILES string of the molecule is Cc1cc(C)c(C)c(OCCC(=O)N2CCC[C@H]([C@H](C)N)C2)c1. The van der Waals surface area contributed by atoms with E-state index in [2.05, 4.69) is 26.8 Å². The Morgan fingerprint density at radius 2 is 2.13 bits per heavy atom. The van der Waals surface area contributed by atoms with E-state index in [1.165, 1.54) is 11.1 Å². The highest BCUT2D eigenvalue weighted by Gasteiger charge is 2.25. The maximum absolute atomic E-state index is 12.4. The molecule has 1 aliphatic rings. The van der Waals surface area contributed by atoms with Crippen LogP contribution in [0.4, 0.5) is 0 Å². The number of hydrogen-bond acceptors (Lipinski definition) is 3. The third-order valence-electron chi connectivity index (χ3n) is 4.89. The van der Waals surface area contributed by atoms with Gasteiger partial charge in [-0.3, -0.25) is 4.79 Å². The van der Waals surface area contributed by atoms with Crippen molar-refractivity contribution in [2.45, 2.75) is 53.0 Å². The number of likely N-dealkylation sites (tertiary alicyclic amines) is 1. The summed E-state index contributed by atoms with van der Waals surface area (Å²) in [5, 5.41) is 0. The minimum Gasteiger partial charge on any atom is -0.493 e. The van der Waals surface area contributed by atoms with Crippen LogP contribution in [0.15, 0.2) is 12.1 Å². The molecular weight excluding hydrogens is 288 g/mol. The van der Waals surface area contributed by atoms with Gasteiger partial charge in [0.05, 0.1) is 13.0 Å². The van der Waals surface area contributed by atoms with E-state index in [1.807, 2.05) is 17.9 Å². The van der Waals surface area contributed by atoms with Crippen molar-refractivity contribution in [1.29, 1.82) is 0 Å². The molecule has 2 rings (SSSR count). The molecule has 4 heteroatoms. The molecule has 0 spiro atoms. The second-order valence-corrected chi connectivity index (χ2v) is 6.90. The summed E-state index contributed by atoms with van der Waals surface area (Å²) in [4.78, 5) is 14.3. The average molecular weight is 318 g/mol. The minimum atomic E-state index is 0.153. The highest BCUT2D eigenvalue weighted by atomic mass is 16.5. The number of ether oxygens (including phenoxy) is 1. The summed E-state index contributed by atoms with van der Waals surface area (Å²) in [5.74, 6) is 1.50. The first-order chi connectivity index (χ1) is 10.9. The third kappa shape index (κ3) is 4.71. The van der Waals surface area contributed by atoms with E-state index >= 15 is 0 Å². The third-order valence-corrected chi connectivity index (χ3v) is 4.89. The van der Waals surface area contributed by atoms with E-state index in [-0.39, 0.29) is 11.9 Å². The summed E-state index contributed by atoms with van der Waals surface area (Å²) >= 11 is 0. The fourth-order valence-electron chi connectivity index (χ4n) is 3.22. The maximum Gasteiger partial charge on any atom is 0.226 e. The Hall–Kier alpha value is -1.55. The van der Waals surface area contributed by atoms with Crippen LogP contribution in [0, 0.1) is 26.7 Å². The second kappa shape index (κ2) is 7.82. The molecule has 1 amide bonds. The van der Waals surface area contributed by atoms with Gasteiger partial charge in [-0.15, -0.1) is 0 Å². The lowest BCUT2D eigenvalue weighted by atomic mass is 9.92. The molecule has 1 aliphatic heterocycles. The quantitative estimate of drug-likeness (QED) is 0.908. The Morgan fingerprint density at radius 1 is 1.39 bits per heavy atom. The molecule has 0 saturated carbocycles. The van der Waals surface area contributed by atoms with Gasteiger partial charge in [0.25, 0.3) is 0 Å². The molecular formula is C19H30N2O2. The molecule has 0 radical (unpaired) electrons. The Bertz CT molecular complexity index is 555. The number of aryl methyl sites for hydroxylation is 2. The first kappa shape index (κ1) is 17.8. The normalized spacial score (nSPS) is 19.5. The first-order valence-corrected chi connectivity index (χ1v) is 8.62. The molecule has 4 nitrogen and oxygen atoms in total. The molecule has 1 saturated heterocycles. The first-order valence-electron chi connectivity index (χ1n) is 8.62. The van der Waals surface area contributed by atoms with Crippen molar-refractivity contribution in [2.75, 3.05) is 19.7 Å². The fraction of sp³-hybridized carbons (Fsp3) is 0.632. The Kier molecular flexibility index (Phi) is 6.05. The monoisotopic (exact) mass is 318 g/mol. The Balaban J connectivity index is 1.85. The standard InChI is InChI=1S/C19H30N2O2/c1-13-10-14(2)15(3)18(11-13)23-9-7-19(22)21-8-5-6-17(12-21)16(4)20/h10-11,16-17H,5-9,12,20H2,1-4H3/t16-,17-/m0/s1. The van der Waals surface area contributed by atoms with E-state index in [1.54, 1.807) is 0 Å². The lowest BCUT2D eigenvalue weighted by Crippen LogP contribution is -2.45. The number of carbonyl (C=O) groups excluding carboxylic acids is 1. The van der Waals surface area contributed by atoms with Crippen LogP contribution < -0.4 is 10.5 Å². The zero-order valence-corrected chi connectivity index (χ0v) is 14.9. The average Bonchev–Trinajstić information content (AvgIpc) is 2.51. The summed E-state index contributed by atoms with van der Waals surface area (Å²) in [5.41, 5.74) is 9.55. The van der Waals surface area contributed by atoms with Crippen molar-refractivity contribution in [3.05, 3.63) is 28.8 Å². The van der Waals surface area contributed by atoms with E-state index in [4.69, 9.17) is 10.5 Å². The largest absolute Gasteiger partial charge is 0.493 e. The highest BCUT2D eigenvalue weighted by Crippen LogP contribution is 2.24. The van der Waals surface area contributed by atoms with E-state index in [0.717, 1.165) is 37.2 Å². The zero-order valence-electron chi connectivity index (χ0n) is 14.9. The van der Waals surface area contributed by atoms with Gasteiger partial charge in [-0.25, -0.2) is 0 Å². The molecule has 0 aliphatic carbocycles. The van der Waals surface area contributed by atoms with E-state index in [9.17, 15) is 4.79 Å². The van der Waals surface area contributed by atoms with Gasteiger partial charge >= 0.3 is 0 Å². The van der Waals surface area contributed by atoms with Crippen molar-refractivity contribution in [1.82, 2.24) is 4.90 Å². The molecule has 0 bridgehead atoms. The van der Waals surface area contributed by atoms with Crippen LogP contribution >= 0.6 is 0 Å². The fourth-order valence-corrected chi connectivity index (χ4v) is 3.22. The Labute approximate surface area is 140 Å². The molecule has 1 aromatic rings. The van der Waals surface area contributed by atoms with E-state index < -0.39 is 0 Å². The molecule has 1 heterocycles. The van der Waals surface area contributed by atoms with Gasteiger partial charge in [0, 0.05) is 19.1 Å². The smallest absolute Gasteiger partial charge is 0.226 e. The molecule has 2 atom stereocenters. The summed E-state index contributed by atoms with van der Waals surface area (Å²) < 4.78 is 5.86. The van der Waals surface area contributed by atoms with Crippen LogP contribution in [0.25, 0.3) is 0 Å². The van der Waals surface area contributed by atoms with Gasteiger partial charge in [-0.2, -0.15) is 0 Å². The number of amides is 1. The number of nitrogens with two attached hydrogens (primary N) is 1. The van der Waals surface area contributed by atoms with Crippen LogP contribution in [0.5, 0.6) is 5.75 Å². The number of carbonyl (C=O) groups is 1. The maximum atomic E-state index is 12.4. The van der Waals surface area contributed by atoms with Crippen LogP contribution in [-0.4, -0.2) is 36.5 Å². The van der Waals surface area contributed by atoms with Crippen LogP contribution in [0.1, 0.15) is 42.9 Å². The van der Waals surface area contributed by atoms with Crippen LogP contribution in [0.3, 0.4) is 0 Å². The minimum absolute atomic E-state index is 0.153. The summed E-state index contributed by atoms with van der Waals surface area (Å²) in [6, 6.07) is 4.34. The molecule has 1 aromatic carbocycles. The van der Waals surface area contributed by atoms with Gasteiger partial charge in [-0.05, 0) is 69.2 Å². The molecule has 2 N–H and O–H groups in total. The van der Waals surface area contributed by atoms with Crippen molar-refractivity contribution in [3.63, 3.8) is 0 Å². The predicted molar refractivity (Wildman–Crippen MR) is 93.7 cm³/mol. The summed E-state index contributed by atoms with van der Waals surface area (Å²) in [7, 11) is 0.